The fourth-order valence-corrected chi connectivity index (χ4v) is 2.97. The van der Waals surface area contributed by atoms with Crippen molar-refractivity contribution in [2.75, 3.05) is 26.3 Å². The third-order valence-electron chi connectivity index (χ3n) is 3.49. The van der Waals surface area contributed by atoms with E-state index in [1.54, 1.807) is 0 Å². The molecule has 0 bridgehead atoms. The van der Waals surface area contributed by atoms with Gasteiger partial charge >= 0.3 is 0 Å². The summed E-state index contributed by atoms with van der Waals surface area (Å²) in [6.45, 7) is 5.54. The van der Waals surface area contributed by atoms with Gasteiger partial charge < -0.3 is 19.8 Å². The summed E-state index contributed by atoms with van der Waals surface area (Å²) in [7, 11) is 0. The van der Waals surface area contributed by atoms with Crippen LogP contribution in [0.4, 0.5) is 0 Å². The molecular weight excluding hydrogens is 461 g/mol. The van der Waals surface area contributed by atoms with Crippen LogP contribution in [0.25, 0.3) is 5.65 Å². The summed E-state index contributed by atoms with van der Waals surface area (Å²) in [6.07, 6.45) is 3.98. The molecule has 0 saturated carbocycles. The summed E-state index contributed by atoms with van der Waals surface area (Å²) in [6, 6.07) is 2.05. The Balaban J connectivity index is 0.00000176. The lowest BCUT2D eigenvalue weighted by Gasteiger charge is -2.27. The van der Waals surface area contributed by atoms with Crippen molar-refractivity contribution in [2.24, 2.45) is 10.7 Å². The van der Waals surface area contributed by atoms with Crippen LogP contribution in [0, 0.1) is 6.92 Å². The fourth-order valence-electron chi connectivity index (χ4n) is 2.41. The molecule has 0 radical (unpaired) electrons. The quantitative estimate of drug-likeness (QED) is 0.407. The fraction of sp³-hybridized carbons (Fsp3) is 0.429. The van der Waals surface area contributed by atoms with E-state index < -0.39 is 0 Å². The number of pyridine rings is 1. The van der Waals surface area contributed by atoms with Gasteiger partial charge in [0.2, 0.25) is 0 Å². The van der Waals surface area contributed by atoms with E-state index in [1.165, 1.54) is 0 Å². The van der Waals surface area contributed by atoms with Crippen LogP contribution in [0.5, 0.6) is 0 Å². The third kappa shape index (κ3) is 3.90. The highest BCUT2D eigenvalue weighted by molar-refractivity contribution is 14.0. The van der Waals surface area contributed by atoms with Gasteiger partial charge in [-0.25, -0.2) is 9.98 Å². The molecule has 1 saturated heterocycles. The van der Waals surface area contributed by atoms with Gasteiger partial charge in [-0.05, 0) is 34.5 Å². The molecule has 0 spiro atoms. The number of guanidine groups is 1. The molecule has 2 N–H and O–H groups in total. The molecule has 120 valence electrons. The van der Waals surface area contributed by atoms with E-state index >= 15 is 0 Å². The number of fused-ring (bicyclic) bond motifs is 1. The van der Waals surface area contributed by atoms with Gasteiger partial charge in [-0.3, -0.25) is 0 Å². The lowest BCUT2D eigenvalue weighted by atomic mass is 10.3. The Bertz CT molecular complexity index is 681. The Morgan fingerprint density at radius 3 is 2.86 bits per heavy atom. The van der Waals surface area contributed by atoms with Crippen molar-refractivity contribution in [3.8, 4) is 0 Å². The maximum atomic E-state index is 6.02. The van der Waals surface area contributed by atoms with Gasteiger partial charge in [0.1, 0.15) is 5.65 Å². The summed E-state index contributed by atoms with van der Waals surface area (Å²) in [5.74, 6) is 0.563. The molecule has 2 aromatic rings. The van der Waals surface area contributed by atoms with Gasteiger partial charge in [-0.1, -0.05) is 0 Å². The first kappa shape index (κ1) is 17.5. The average molecular weight is 480 g/mol. The van der Waals surface area contributed by atoms with Gasteiger partial charge in [0.05, 0.1) is 25.5 Å². The van der Waals surface area contributed by atoms with Crippen molar-refractivity contribution in [3.63, 3.8) is 0 Å². The molecule has 0 aliphatic carbocycles. The van der Waals surface area contributed by atoms with Crippen LogP contribution in [0.1, 0.15) is 11.3 Å². The maximum absolute atomic E-state index is 6.02. The molecule has 1 aliphatic rings. The highest BCUT2D eigenvalue weighted by Gasteiger charge is 2.12. The molecule has 3 heterocycles. The van der Waals surface area contributed by atoms with Gasteiger partial charge in [0.25, 0.3) is 0 Å². The lowest BCUT2D eigenvalue weighted by Crippen LogP contribution is -2.44. The zero-order valence-corrected chi connectivity index (χ0v) is 16.2. The Hall–Kier alpha value is -0.870. The Kier molecular flexibility index (Phi) is 6.04. The minimum atomic E-state index is 0. The van der Waals surface area contributed by atoms with Crippen LogP contribution < -0.4 is 5.73 Å². The average Bonchev–Trinajstić information content (AvgIpc) is 2.89. The smallest absolute Gasteiger partial charge is 0.191 e. The van der Waals surface area contributed by atoms with E-state index in [9.17, 15) is 0 Å². The van der Waals surface area contributed by atoms with Crippen molar-refractivity contribution in [1.29, 1.82) is 0 Å². The van der Waals surface area contributed by atoms with Crippen LogP contribution in [-0.4, -0.2) is 46.5 Å². The summed E-state index contributed by atoms with van der Waals surface area (Å²) in [5.41, 5.74) is 9.01. The van der Waals surface area contributed by atoms with E-state index in [1.807, 2.05) is 28.6 Å². The molecule has 1 aliphatic heterocycles. The van der Waals surface area contributed by atoms with Gasteiger partial charge in [0, 0.05) is 30.0 Å². The highest BCUT2D eigenvalue weighted by atomic mass is 127. The van der Waals surface area contributed by atoms with E-state index in [-0.39, 0.29) is 24.0 Å². The molecule has 8 heteroatoms. The van der Waals surface area contributed by atoms with E-state index in [0.717, 1.165) is 34.5 Å². The minimum Gasteiger partial charge on any atom is -0.378 e. The molecule has 1 fully saturated rings. The molecule has 22 heavy (non-hydrogen) atoms. The van der Waals surface area contributed by atoms with Crippen molar-refractivity contribution in [2.45, 2.75) is 13.5 Å². The summed E-state index contributed by atoms with van der Waals surface area (Å²) < 4.78 is 8.35. The number of rotatable bonds is 2. The predicted octanol–water partition coefficient (Wildman–Crippen LogP) is 2.17. The number of nitrogens with two attached hydrogens (primary N) is 1. The summed E-state index contributed by atoms with van der Waals surface area (Å²) in [5, 5.41) is 0. The number of hydrogen-bond acceptors (Lipinski definition) is 3. The summed E-state index contributed by atoms with van der Waals surface area (Å²) >= 11 is 3.49. The maximum Gasteiger partial charge on any atom is 0.191 e. The zero-order chi connectivity index (χ0) is 14.8. The third-order valence-corrected chi connectivity index (χ3v) is 3.92. The van der Waals surface area contributed by atoms with Gasteiger partial charge in [0.15, 0.2) is 5.96 Å². The number of imidazole rings is 1. The Labute approximate surface area is 154 Å². The molecule has 3 rings (SSSR count). The number of morpholine rings is 1. The van der Waals surface area contributed by atoms with Crippen molar-refractivity contribution < 1.29 is 4.74 Å². The van der Waals surface area contributed by atoms with Crippen molar-refractivity contribution in [1.82, 2.24) is 14.3 Å². The van der Waals surface area contributed by atoms with Gasteiger partial charge in [-0.15, -0.1) is 24.0 Å². The second-order valence-corrected chi connectivity index (χ2v) is 5.99. The molecule has 0 amide bonds. The highest BCUT2D eigenvalue weighted by Crippen LogP contribution is 2.17. The molecule has 6 nitrogen and oxygen atoms in total. The Morgan fingerprint density at radius 1 is 1.41 bits per heavy atom. The number of ether oxygens (including phenoxy) is 1. The number of hydrogen-bond donors (Lipinski definition) is 1. The number of nitrogens with zero attached hydrogens (tertiary/aromatic N) is 4. The second-order valence-electron chi connectivity index (χ2n) is 5.08. The van der Waals surface area contributed by atoms with Crippen LogP contribution in [-0.2, 0) is 11.3 Å². The first-order chi connectivity index (χ1) is 10.1. The van der Waals surface area contributed by atoms with Crippen molar-refractivity contribution >= 4 is 51.5 Å². The van der Waals surface area contributed by atoms with E-state index in [0.29, 0.717) is 25.7 Å². The SMILES string of the molecule is Cc1cc(Br)cn2cc(CN=C(N)N3CCOCC3)nc12.I. The van der Waals surface area contributed by atoms with Gasteiger partial charge in [-0.2, -0.15) is 0 Å². The number of halogens is 2. The number of aryl methyl sites for hydroxylation is 1. The Morgan fingerprint density at radius 2 is 2.14 bits per heavy atom. The van der Waals surface area contributed by atoms with Crippen LogP contribution in [0.2, 0.25) is 0 Å². The van der Waals surface area contributed by atoms with E-state index in [4.69, 9.17) is 10.5 Å². The topological polar surface area (TPSA) is 68.2 Å². The molecule has 0 aromatic carbocycles. The summed E-state index contributed by atoms with van der Waals surface area (Å²) in [4.78, 5) is 11.1. The largest absolute Gasteiger partial charge is 0.378 e. The lowest BCUT2D eigenvalue weighted by molar-refractivity contribution is 0.0674. The zero-order valence-electron chi connectivity index (χ0n) is 12.3. The predicted molar refractivity (Wildman–Crippen MR) is 101 cm³/mol. The molecule has 0 atom stereocenters. The monoisotopic (exact) mass is 479 g/mol. The van der Waals surface area contributed by atoms with Crippen molar-refractivity contribution in [3.05, 3.63) is 34.2 Å². The molecule has 0 unspecified atom stereocenters. The van der Waals surface area contributed by atoms with E-state index in [2.05, 4.69) is 32.0 Å². The molecule has 2 aromatic heterocycles. The standard InChI is InChI=1S/C14H18BrN5O.HI/c1-10-6-11(15)8-20-9-12(18-13(10)20)7-17-14(16)19-2-4-21-5-3-19;/h6,8-9H,2-5,7H2,1H3,(H2,16,17);1H. The number of aliphatic imine (C=N–C) groups is 1. The minimum absolute atomic E-state index is 0. The van der Waals surface area contributed by atoms with Crippen LogP contribution in [0.3, 0.4) is 0 Å². The second kappa shape index (κ2) is 7.60. The normalized spacial score (nSPS) is 15.9. The van der Waals surface area contributed by atoms with Crippen LogP contribution >= 0.6 is 39.9 Å². The number of aromatic nitrogens is 2. The van der Waals surface area contributed by atoms with Crippen LogP contribution in [0.15, 0.2) is 27.9 Å². The first-order valence-corrected chi connectivity index (χ1v) is 7.69. The first-order valence-electron chi connectivity index (χ1n) is 6.90. The molecular formula is C14H19BrIN5O.